The lowest BCUT2D eigenvalue weighted by atomic mass is 10.1. The van der Waals surface area contributed by atoms with Crippen molar-refractivity contribution in [2.45, 2.75) is 0 Å². The van der Waals surface area contributed by atoms with E-state index in [4.69, 9.17) is 17.7 Å². The van der Waals surface area contributed by atoms with Gasteiger partial charge in [0.25, 0.3) is 0 Å². The molecule has 236 valence electrons. The molecule has 0 amide bonds. The van der Waals surface area contributed by atoms with Gasteiger partial charge in [-0.2, -0.15) is 0 Å². The largest absolute Gasteiger partial charge is 0.208 e. The molecule has 6 nitrogen and oxygen atoms in total. The zero-order chi connectivity index (χ0) is 36.1. The molecular weight excluding hydrogens is 640 g/mol. The van der Waals surface area contributed by atoms with Gasteiger partial charge in [-0.25, -0.2) is 34.3 Å². The third-order valence-electron chi connectivity index (χ3n) is 8.22. The van der Waals surface area contributed by atoms with E-state index in [9.17, 15) is 1.37 Å². The molecule has 0 N–H and O–H groups in total. The Bertz CT molecular complexity index is 2780. The number of aromatic nitrogens is 6. The van der Waals surface area contributed by atoms with Gasteiger partial charge in [0.2, 0.25) is 0 Å². The summed E-state index contributed by atoms with van der Waals surface area (Å²) in [5, 5.41) is 2.15. The van der Waals surface area contributed by atoms with Crippen LogP contribution in [-0.4, -0.2) is 29.9 Å². The minimum Gasteiger partial charge on any atom is -0.208 e. The predicted octanol–water partition coefficient (Wildman–Crippen LogP) is 10.6. The Kier molecular flexibility index (Phi) is 6.61. The highest BCUT2D eigenvalue weighted by Crippen LogP contribution is 2.37. The van der Waals surface area contributed by atoms with Crippen LogP contribution in [0.15, 0.2) is 152 Å². The van der Waals surface area contributed by atoms with Gasteiger partial charge in [-0.3, -0.25) is 0 Å². The van der Waals surface area contributed by atoms with Gasteiger partial charge in [0.15, 0.2) is 34.9 Å². The molecule has 0 saturated heterocycles. The lowest BCUT2D eigenvalue weighted by molar-refractivity contribution is 0.630. The summed E-state index contributed by atoms with van der Waals surface area (Å²) in [4.78, 5) is 28.3. The van der Waals surface area contributed by atoms with E-state index in [0.29, 0.717) is 33.9 Å². The van der Waals surface area contributed by atoms with Gasteiger partial charge in [0, 0.05) is 48.0 Å². The van der Waals surface area contributed by atoms with Crippen LogP contribution in [0.25, 0.3) is 88.5 Å². The van der Waals surface area contributed by atoms with Gasteiger partial charge in [-0.1, -0.05) is 109 Å². The molecule has 8 heteroatoms. The normalized spacial score (nSPS) is 12.1. The number of thiophene rings is 1. The molecule has 0 unspecified atom stereocenters. The molecule has 6 aromatic carbocycles. The van der Waals surface area contributed by atoms with E-state index in [-0.39, 0.29) is 34.4 Å². The molecule has 3 heterocycles. The fraction of sp³-hybridized carbons (Fsp3) is 0. The van der Waals surface area contributed by atoms with Crippen molar-refractivity contribution in [1.82, 2.24) is 29.9 Å². The van der Waals surface area contributed by atoms with E-state index < -0.39 is 23.9 Å². The Balaban J connectivity index is 1.28. The number of halogens is 1. The second-order valence-electron chi connectivity index (χ2n) is 11.5. The quantitative estimate of drug-likeness (QED) is 0.176. The van der Waals surface area contributed by atoms with Crippen LogP contribution < -0.4 is 0 Å². The highest BCUT2D eigenvalue weighted by atomic mass is 32.1. The Morgan fingerprint density at radius 1 is 0.420 bits per heavy atom. The Labute approximate surface area is 294 Å². The van der Waals surface area contributed by atoms with Crippen molar-refractivity contribution in [3.8, 4) is 68.3 Å². The zero-order valence-corrected chi connectivity index (χ0v) is 27.0. The van der Waals surface area contributed by atoms with Crippen LogP contribution in [-0.2, 0) is 0 Å². The fourth-order valence-electron chi connectivity index (χ4n) is 5.78. The zero-order valence-electron chi connectivity index (χ0n) is 29.2. The first-order valence-electron chi connectivity index (χ1n) is 17.3. The molecule has 0 saturated carbocycles. The summed E-state index contributed by atoms with van der Waals surface area (Å²) in [6, 6.07) is 40.2. The SMILES string of the molecule is [2H]c1c([2H])c(-c2nc(-c3ccccc3)nc(-c3ccc4sc5ccccc5c4c3)n2)c([2H])c(-c2nc(-c3ccccc3)nc(-c3ccccc3)n2)c1F. The van der Waals surface area contributed by atoms with Crippen LogP contribution >= 0.6 is 11.3 Å². The van der Waals surface area contributed by atoms with Gasteiger partial charge >= 0.3 is 0 Å². The van der Waals surface area contributed by atoms with E-state index in [1.54, 1.807) is 11.3 Å². The average Bonchev–Trinajstić information content (AvgIpc) is 3.59. The number of benzene rings is 6. The Morgan fingerprint density at radius 2 is 0.880 bits per heavy atom. The maximum atomic E-state index is 16.3. The van der Waals surface area contributed by atoms with Crippen LogP contribution in [0.4, 0.5) is 4.39 Å². The smallest absolute Gasteiger partial charge is 0.167 e. The maximum absolute atomic E-state index is 16.3. The molecule has 9 rings (SSSR count). The number of nitrogens with zero attached hydrogens (tertiary/aromatic N) is 6. The van der Waals surface area contributed by atoms with E-state index >= 15 is 4.39 Å². The highest BCUT2D eigenvalue weighted by Gasteiger charge is 2.19. The second-order valence-corrected chi connectivity index (χ2v) is 12.5. The molecule has 3 aromatic heterocycles. The lowest BCUT2D eigenvalue weighted by Gasteiger charge is -2.11. The topological polar surface area (TPSA) is 77.3 Å². The highest BCUT2D eigenvalue weighted by molar-refractivity contribution is 7.25. The first kappa shape index (κ1) is 26.4. The first-order chi connectivity index (χ1) is 25.9. The molecule has 0 bridgehead atoms. The number of hydrogen-bond donors (Lipinski definition) is 0. The van der Waals surface area contributed by atoms with Crippen LogP contribution in [0.3, 0.4) is 0 Å². The molecule has 9 aromatic rings. The number of rotatable bonds is 6. The van der Waals surface area contributed by atoms with Crippen molar-refractivity contribution < 1.29 is 8.50 Å². The molecule has 0 radical (unpaired) electrons. The van der Waals surface area contributed by atoms with E-state index in [1.807, 2.05) is 121 Å². The van der Waals surface area contributed by atoms with E-state index in [2.05, 4.69) is 27.1 Å². The van der Waals surface area contributed by atoms with Crippen LogP contribution in [0.5, 0.6) is 0 Å². The Hall–Kier alpha value is -6.51. The Morgan fingerprint density at radius 3 is 1.46 bits per heavy atom. The monoisotopic (exact) mass is 667 g/mol. The average molecular weight is 668 g/mol. The first-order valence-corrected chi connectivity index (χ1v) is 16.6. The van der Waals surface area contributed by atoms with Crippen molar-refractivity contribution in [1.29, 1.82) is 0 Å². The van der Waals surface area contributed by atoms with Gasteiger partial charge in [0.05, 0.1) is 9.68 Å². The summed E-state index contributed by atoms with van der Waals surface area (Å²) >= 11 is 1.70. The molecule has 50 heavy (non-hydrogen) atoms. The van der Waals surface area contributed by atoms with Crippen molar-refractivity contribution in [3.63, 3.8) is 0 Å². The van der Waals surface area contributed by atoms with Crippen molar-refractivity contribution in [2.75, 3.05) is 0 Å². The summed E-state index contributed by atoms with van der Waals surface area (Å²) in [5.74, 6) is -0.157. The molecular formula is C42H25FN6S. The standard InChI is InChI=1S/C42H25FN6S/c43-34-22-20-29(25-33(34)42-48-38(27-14-6-2-7-15-27)44-39(49-42)28-16-8-3-9-17-28)40-45-37(26-12-4-1-5-13-26)46-41(47-40)30-21-23-36-32(24-30)31-18-10-11-19-35(31)50-36/h1-25H/i20D,22D,25D. The fourth-order valence-corrected chi connectivity index (χ4v) is 6.86. The molecule has 0 aliphatic heterocycles. The molecule has 0 aliphatic carbocycles. The minimum absolute atomic E-state index is 0.0468. The lowest BCUT2D eigenvalue weighted by Crippen LogP contribution is -2.03. The molecule has 0 fully saturated rings. The summed E-state index contributed by atoms with van der Waals surface area (Å²) in [6.45, 7) is 0. The summed E-state index contributed by atoms with van der Waals surface area (Å²) in [6.07, 6.45) is 0. The van der Waals surface area contributed by atoms with E-state index in [0.717, 1.165) is 20.2 Å². The molecule has 0 spiro atoms. The van der Waals surface area contributed by atoms with Crippen molar-refractivity contribution in [3.05, 3.63) is 157 Å². The molecule has 0 atom stereocenters. The summed E-state index contributed by atoms with van der Waals surface area (Å²) < 4.78 is 45.7. The van der Waals surface area contributed by atoms with E-state index in [1.165, 1.54) is 0 Å². The summed E-state index contributed by atoms with van der Waals surface area (Å²) in [7, 11) is 0. The van der Waals surface area contributed by atoms with Crippen molar-refractivity contribution >= 4 is 31.5 Å². The van der Waals surface area contributed by atoms with Gasteiger partial charge in [-0.05, 0) is 42.4 Å². The minimum atomic E-state index is -1.10. The summed E-state index contributed by atoms with van der Waals surface area (Å²) in [5.41, 5.74) is 2.21. The molecule has 0 aliphatic rings. The van der Waals surface area contributed by atoms with Crippen LogP contribution in [0.1, 0.15) is 4.11 Å². The van der Waals surface area contributed by atoms with Gasteiger partial charge in [0.1, 0.15) is 5.82 Å². The third-order valence-corrected chi connectivity index (χ3v) is 9.37. The number of fused-ring (bicyclic) bond motifs is 3. The second kappa shape index (κ2) is 12.5. The van der Waals surface area contributed by atoms with Gasteiger partial charge in [-0.15, -0.1) is 11.3 Å². The van der Waals surface area contributed by atoms with Crippen molar-refractivity contribution in [2.24, 2.45) is 0 Å². The third kappa shape index (κ3) is 5.57. The number of hydrogen-bond acceptors (Lipinski definition) is 7. The maximum Gasteiger partial charge on any atom is 0.167 e. The predicted molar refractivity (Wildman–Crippen MR) is 199 cm³/mol. The van der Waals surface area contributed by atoms with Gasteiger partial charge < -0.3 is 0 Å². The van der Waals surface area contributed by atoms with Crippen LogP contribution in [0.2, 0.25) is 0 Å². The van der Waals surface area contributed by atoms with Crippen LogP contribution in [0, 0.1) is 5.82 Å².